The van der Waals surface area contributed by atoms with E-state index in [0.717, 1.165) is 35.9 Å². The Bertz CT molecular complexity index is 1500. The molecule has 1 aliphatic heterocycles. The van der Waals surface area contributed by atoms with Crippen LogP contribution in [0.25, 0.3) is 11.1 Å². The van der Waals surface area contributed by atoms with Gasteiger partial charge in [0, 0.05) is 34.9 Å². The number of carbonyl (C=O) groups excluding carboxylic acids is 1. The van der Waals surface area contributed by atoms with Gasteiger partial charge < -0.3 is 4.74 Å². The lowest BCUT2D eigenvalue weighted by Gasteiger charge is -2.23. The molecule has 2 aliphatic rings. The fourth-order valence-corrected chi connectivity index (χ4v) is 4.79. The average molecular weight is 583 g/mol. The molecule has 0 bridgehead atoms. The Morgan fingerprint density at radius 1 is 0.976 bits per heavy atom. The number of amides is 1. The summed E-state index contributed by atoms with van der Waals surface area (Å²) < 4.78 is 101. The zero-order chi connectivity index (χ0) is 29.9. The van der Waals surface area contributed by atoms with E-state index >= 15 is 0 Å². The quantitative estimate of drug-likeness (QED) is 0.168. The minimum atomic E-state index is -5.09. The molecule has 0 radical (unpaired) electrons. The van der Waals surface area contributed by atoms with Gasteiger partial charge in [0.2, 0.25) is 0 Å². The number of aromatic nitrogens is 1. The van der Waals surface area contributed by atoms with Gasteiger partial charge in [-0.2, -0.15) is 26.3 Å². The lowest BCUT2D eigenvalue weighted by Crippen LogP contribution is -2.32. The molecule has 3 aromatic rings. The van der Waals surface area contributed by atoms with Crippen LogP contribution in [0.5, 0.6) is 0 Å². The summed E-state index contributed by atoms with van der Waals surface area (Å²) in [6.07, 6.45) is -11.0. The lowest BCUT2D eigenvalue weighted by atomic mass is 9.97. The monoisotopic (exact) mass is 583 g/mol. The summed E-state index contributed by atoms with van der Waals surface area (Å²) >= 11 is 0. The number of benzene rings is 2. The predicted octanol–water partition coefficient (Wildman–Crippen LogP) is 7.79. The number of hydrogen-bond acceptors (Lipinski definition) is 5. The van der Waals surface area contributed by atoms with Gasteiger partial charge in [-0.25, -0.2) is 9.18 Å². The molecule has 1 saturated heterocycles. The third kappa shape index (κ3) is 5.68. The second-order valence-electron chi connectivity index (χ2n) is 9.94. The molecule has 2 aromatic carbocycles. The lowest BCUT2D eigenvalue weighted by molar-refractivity contribution is -0.384. The number of halogens is 7. The number of cyclic esters (lactones) is 1. The Labute approximate surface area is 227 Å². The molecule has 41 heavy (non-hydrogen) atoms. The van der Waals surface area contributed by atoms with Crippen molar-refractivity contribution in [3.8, 4) is 11.1 Å². The van der Waals surface area contributed by atoms with Crippen molar-refractivity contribution in [3.63, 3.8) is 0 Å². The molecule has 216 valence electrons. The molecule has 7 nitrogen and oxygen atoms in total. The number of rotatable bonds is 6. The molecule has 2 atom stereocenters. The molecule has 0 unspecified atom stereocenters. The van der Waals surface area contributed by atoms with E-state index in [1.165, 1.54) is 13.0 Å². The summed E-state index contributed by atoms with van der Waals surface area (Å²) in [7, 11) is 0. The third-order valence-electron chi connectivity index (χ3n) is 7.09. The van der Waals surface area contributed by atoms with Crippen LogP contribution >= 0.6 is 0 Å². The normalized spacial score (nSPS) is 19.4. The van der Waals surface area contributed by atoms with Gasteiger partial charge in [0.25, 0.3) is 5.69 Å². The van der Waals surface area contributed by atoms with Crippen LogP contribution in [0.15, 0.2) is 48.5 Å². The largest absolute Gasteiger partial charge is 0.439 e. The molecule has 1 aromatic heterocycles. The third-order valence-corrected chi connectivity index (χ3v) is 7.09. The average Bonchev–Trinajstić information content (AvgIpc) is 3.70. The molecule has 0 N–H and O–H groups in total. The second kappa shape index (κ2) is 10.00. The first-order valence-corrected chi connectivity index (χ1v) is 12.3. The number of pyridine rings is 1. The van der Waals surface area contributed by atoms with Crippen molar-refractivity contribution in [2.24, 2.45) is 0 Å². The first-order chi connectivity index (χ1) is 19.1. The topological polar surface area (TPSA) is 85.6 Å². The highest BCUT2D eigenvalue weighted by molar-refractivity contribution is 5.73. The van der Waals surface area contributed by atoms with Crippen molar-refractivity contribution in [1.82, 2.24) is 9.88 Å². The second-order valence-corrected chi connectivity index (χ2v) is 9.94. The number of nitrogens with zero attached hydrogens (tertiary/aromatic N) is 3. The SMILES string of the molecule is C[C@H]1[C@@H](c2cc(C(F)(F)F)cc(C(F)(F)F)c2)OC(=O)N1Cc1nc(C2CC2)ccc1-c1cc([N+](=O)[O-])ccc1F. The number of nitro groups is 1. The highest BCUT2D eigenvalue weighted by atomic mass is 19.4. The molecular weight excluding hydrogens is 563 g/mol. The van der Waals surface area contributed by atoms with Gasteiger partial charge in [-0.05, 0) is 55.7 Å². The van der Waals surface area contributed by atoms with Crippen molar-refractivity contribution >= 4 is 11.8 Å². The van der Waals surface area contributed by atoms with Gasteiger partial charge in [-0.1, -0.05) is 6.07 Å². The number of carbonyl (C=O) groups is 1. The van der Waals surface area contributed by atoms with Crippen LogP contribution in [0.4, 0.5) is 41.2 Å². The summed E-state index contributed by atoms with van der Waals surface area (Å²) in [5.41, 5.74) is -3.24. The van der Waals surface area contributed by atoms with E-state index in [1.54, 1.807) is 6.07 Å². The van der Waals surface area contributed by atoms with Crippen LogP contribution in [0.1, 0.15) is 59.9 Å². The van der Waals surface area contributed by atoms with Gasteiger partial charge in [0.15, 0.2) is 0 Å². The molecule has 1 saturated carbocycles. The van der Waals surface area contributed by atoms with E-state index in [4.69, 9.17) is 4.74 Å². The highest BCUT2D eigenvalue weighted by Crippen LogP contribution is 2.43. The van der Waals surface area contributed by atoms with E-state index in [9.17, 15) is 45.6 Å². The van der Waals surface area contributed by atoms with E-state index < -0.39 is 63.7 Å². The predicted molar refractivity (Wildman–Crippen MR) is 129 cm³/mol. The maximum Gasteiger partial charge on any atom is 0.416 e. The van der Waals surface area contributed by atoms with Crippen molar-refractivity contribution in [2.45, 2.75) is 56.7 Å². The zero-order valence-electron chi connectivity index (χ0n) is 21.1. The van der Waals surface area contributed by atoms with Gasteiger partial charge in [0.05, 0.1) is 34.3 Å². The van der Waals surface area contributed by atoms with Gasteiger partial charge >= 0.3 is 18.4 Å². The van der Waals surface area contributed by atoms with Crippen LogP contribution in [0.3, 0.4) is 0 Å². The molecular formula is C27H20F7N3O4. The molecule has 2 heterocycles. The standard InChI is InChI=1S/C27H20F7N3O4/c1-13-24(15-8-16(26(29,30)31)10-17(9-15)27(32,33)34)41-25(38)36(13)12-23-19(5-7-22(35-23)14-2-3-14)20-11-18(37(39)40)4-6-21(20)28/h4-11,13-14,24H,2-3,12H2,1H3/t13-,24-/m0/s1. The highest BCUT2D eigenvalue weighted by Gasteiger charge is 2.43. The number of ether oxygens (including phenoxy) is 1. The molecule has 1 amide bonds. The van der Waals surface area contributed by atoms with E-state index in [2.05, 4.69) is 4.98 Å². The van der Waals surface area contributed by atoms with Crippen molar-refractivity contribution in [3.05, 3.63) is 92.5 Å². The number of non-ortho nitro benzene ring substituents is 1. The Morgan fingerprint density at radius 3 is 2.17 bits per heavy atom. The molecule has 0 spiro atoms. The Balaban J connectivity index is 1.53. The first-order valence-electron chi connectivity index (χ1n) is 12.3. The summed E-state index contributed by atoms with van der Waals surface area (Å²) in [5.74, 6) is -0.671. The molecule has 1 aliphatic carbocycles. The van der Waals surface area contributed by atoms with Gasteiger partial charge in [0.1, 0.15) is 11.9 Å². The smallest absolute Gasteiger partial charge is 0.416 e. The summed E-state index contributed by atoms with van der Waals surface area (Å²) in [6, 6.07) is 6.01. The summed E-state index contributed by atoms with van der Waals surface area (Å²) in [6.45, 7) is 1.04. The van der Waals surface area contributed by atoms with Crippen LogP contribution < -0.4 is 0 Å². The number of hydrogen-bond donors (Lipinski definition) is 0. The molecule has 14 heteroatoms. The maximum atomic E-state index is 14.8. The molecule has 2 fully saturated rings. The fraction of sp³-hybridized carbons (Fsp3) is 0.333. The minimum absolute atomic E-state index is 0.0180. The maximum absolute atomic E-state index is 14.8. The van der Waals surface area contributed by atoms with Gasteiger partial charge in [-0.15, -0.1) is 0 Å². The van der Waals surface area contributed by atoms with Crippen LogP contribution in [0.2, 0.25) is 0 Å². The van der Waals surface area contributed by atoms with Crippen LogP contribution in [-0.2, 0) is 23.6 Å². The Kier molecular flexibility index (Phi) is 6.90. The van der Waals surface area contributed by atoms with Gasteiger partial charge in [-0.3, -0.25) is 20.0 Å². The molecule has 5 rings (SSSR count). The van der Waals surface area contributed by atoms with Crippen molar-refractivity contribution in [1.29, 1.82) is 0 Å². The van der Waals surface area contributed by atoms with Crippen LogP contribution in [0, 0.1) is 15.9 Å². The Morgan fingerprint density at radius 2 is 1.61 bits per heavy atom. The summed E-state index contributed by atoms with van der Waals surface area (Å²) in [5, 5.41) is 11.3. The number of alkyl halides is 6. The van der Waals surface area contributed by atoms with Crippen LogP contribution in [-0.4, -0.2) is 26.9 Å². The Hall–Kier alpha value is -4.23. The van der Waals surface area contributed by atoms with E-state index in [-0.39, 0.29) is 35.3 Å². The van der Waals surface area contributed by atoms with E-state index in [0.29, 0.717) is 17.8 Å². The fourth-order valence-electron chi connectivity index (χ4n) is 4.79. The van der Waals surface area contributed by atoms with Crippen molar-refractivity contribution in [2.75, 3.05) is 0 Å². The number of nitro benzene ring substituents is 1. The van der Waals surface area contributed by atoms with Crippen molar-refractivity contribution < 1.29 is 45.2 Å². The first kappa shape index (κ1) is 28.3. The zero-order valence-corrected chi connectivity index (χ0v) is 21.1. The minimum Gasteiger partial charge on any atom is -0.439 e. The summed E-state index contributed by atoms with van der Waals surface area (Å²) in [4.78, 5) is 29.1. The van der Waals surface area contributed by atoms with E-state index in [1.807, 2.05) is 0 Å².